The van der Waals surface area contributed by atoms with E-state index in [0.717, 1.165) is 18.4 Å². The number of rotatable bonds is 0. The first-order valence-corrected chi connectivity index (χ1v) is 3.52. The number of hydrogen-bond donors (Lipinski definition) is 1. The van der Waals surface area contributed by atoms with Crippen molar-refractivity contribution >= 4 is 0 Å². The second-order valence-corrected chi connectivity index (χ2v) is 2.59. The molecule has 0 saturated heterocycles. The molecule has 1 nitrogen and oxygen atoms in total. The average molecular weight is 133 g/mol. The number of benzene rings is 1. The van der Waals surface area contributed by atoms with Crippen molar-refractivity contribution < 1.29 is 5.11 Å². The van der Waals surface area contributed by atoms with Gasteiger partial charge in [-0.05, 0) is 30.9 Å². The molecule has 0 saturated carbocycles. The Balaban J connectivity index is 2.59. The van der Waals surface area contributed by atoms with Crippen LogP contribution >= 0.6 is 0 Å². The predicted molar refractivity (Wildman–Crippen MR) is 39.8 cm³/mol. The SMILES string of the molecule is Oc1cccc2c1[CH]CC2. The fourth-order valence-corrected chi connectivity index (χ4v) is 1.43. The summed E-state index contributed by atoms with van der Waals surface area (Å²) in [6.45, 7) is 0. The number of aromatic hydroxyl groups is 1. The molecule has 1 aliphatic rings. The van der Waals surface area contributed by atoms with Gasteiger partial charge in [-0.15, -0.1) is 0 Å². The standard InChI is InChI=1S/C9H9O/c10-9-6-2-4-7-3-1-5-8(7)9/h2,4-6,10H,1,3H2. The van der Waals surface area contributed by atoms with Gasteiger partial charge in [0.05, 0.1) is 0 Å². The lowest BCUT2D eigenvalue weighted by Crippen LogP contribution is -1.79. The van der Waals surface area contributed by atoms with Crippen LogP contribution in [0.3, 0.4) is 0 Å². The Morgan fingerprint density at radius 3 is 3.00 bits per heavy atom. The quantitative estimate of drug-likeness (QED) is 0.573. The van der Waals surface area contributed by atoms with Crippen LogP contribution in [0.5, 0.6) is 5.75 Å². The fraction of sp³-hybridized carbons (Fsp3) is 0.222. The second-order valence-electron chi connectivity index (χ2n) is 2.59. The third kappa shape index (κ3) is 0.703. The number of phenols is 1. The van der Waals surface area contributed by atoms with Gasteiger partial charge >= 0.3 is 0 Å². The van der Waals surface area contributed by atoms with Gasteiger partial charge in [0, 0.05) is 5.56 Å². The van der Waals surface area contributed by atoms with Crippen molar-refractivity contribution in [1.29, 1.82) is 0 Å². The molecular formula is C9H9O. The zero-order valence-corrected chi connectivity index (χ0v) is 5.67. The molecule has 1 aromatic carbocycles. The monoisotopic (exact) mass is 133 g/mol. The third-order valence-electron chi connectivity index (χ3n) is 1.94. The largest absolute Gasteiger partial charge is 0.508 e. The van der Waals surface area contributed by atoms with Gasteiger partial charge in [-0.1, -0.05) is 12.1 Å². The summed E-state index contributed by atoms with van der Waals surface area (Å²) >= 11 is 0. The van der Waals surface area contributed by atoms with Crippen LogP contribution in [0.15, 0.2) is 18.2 Å². The van der Waals surface area contributed by atoms with E-state index in [0.29, 0.717) is 5.75 Å². The number of hydrogen-bond acceptors (Lipinski definition) is 1. The maximum atomic E-state index is 9.30. The normalized spacial score (nSPS) is 15.2. The molecule has 1 N–H and O–H groups in total. The lowest BCUT2D eigenvalue weighted by atomic mass is 10.1. The van der Waals surface area contributed by atoms with E-state index < -0.39 is 0 Å². The molecular weight excluding hydrogens is 124 g/mol. The molecule has 0 bridgehead atoms. The van der Waals surface area contributed by atoms with Gasteiger partial charge in [0.15, 0.2) is 0 Å². The third-order valence-corrected chi connectivity index (χ3v) is 1.94. The minimum Gasteiger partial charge on any atom is -0.508 e. The van der Waals surface area contributed by atoms with Crippen LogP contribution in [0, 0.1) is 6.42 Å². The molecule has 1 radical (unpaired) electrons. The van der Waals surface area contributed by atoms with E-state index in [2.05, 4.69) is 12.5 Å². The summed E-state index contributed by atoms with van der Waals surface area (Å²) in [6, 6.07) is 5.70. The summed E-state index contributed by atoms with van der Waals surface area (Å²) in [5.74, 6) is 0.426. The van der Waals surface area contributed by atoms with E-state index >= 15 is 0 Å². The second kappa shape index (κ2) is 2.01. The summed E-state index contributed by atoms with van der Waals surface area (Å²) in [5, 5.41) is 9.30. The lowest BCUT2D eigenvalue weighted by molar-refractivity contribution is 0.472. The van der Waals surface area contributed by atoms with Crippen molar-refractivity contribution in [3.63, 3.8) is 0 Å². The van der Waals surface area contributed by atoms with Crippen LogP contribution in [0.2, 0.25) is 0 Å². The summed E-state index contributed by atoms with van der Waals surface area (Å²) in [5.41, 5.74) is 2.32. The first-order chi connectivity index (χ1) is 4.88. The Labute approximate surface area is 60.3 Å². The summed E-state index contributed by atoms with van der Waals surface area (Å²) in [4.78, 5) is 0. The van der Waals surface area contributed by atoms with Crippen LogP contribution in [-0.2, 0) is 6.42 Å². The molecule has 0 amide bonds. The number of aryl methyl sites for hydroxylation is 1. The number of phenolic OH excluding ortho intramolecular Hbond substituents is 1. The van der Waals surface area contributed by atoms with Crippen LogP contribution < -0.4 is 0 Å². The molecule has 1 aliphatic carbocycles. The molecule has 0 atom stereocenters. The van der Waals surface area contributed by atoms with Crippen molar-refractivity contribution in [1.82, 2.24) is 0 Å². The van der Waals surface area contributed by atoms with Crippen molar-refractivity contribution in [2.24, 2.45) is 0 Å². The molecule has 0 heterocycles. The van der Waals surface area contributed by atoms with Gasteiger partial charge in [0.1, 0.15) is 5.75 Å². The number of fused-ring (bicyclic) bond motifs is 1. The topological polar surface area (TPSA) is 20.2 Å². The fourth-order valence-electron chi connectivity index (χ4n) is 1.43. The zero-order chi connectivity index (χ0) is 6.97. The van der Waals surface area contributed by atoms with E-state index in [1.165, 1.54) is 5.56 Å². The Kier molecular flexibility index (Phi) is 1.16. The summed E-state index contributed by atoms with van der Waals surface area (Å²) in [6.07, 6.45) is 4.25. The molecule has 2 rings (SSSR count). The van der Waals surface area contributed by atoms with Gasteiger partial charge < -0.3 is 5.11 Å². The van der Waals surface area contributed by atoms with Crippen LogP contribution in [-0.4, -0.2) is 5.11 Å². The van der Waals surface area contributed by atoms with Gasteiger partial charge in [-0.2, -0.15) is 0 Å². The van der Waals surface area contributed by atoms with E-state index in [4.69, 9.17) is 0 Å². The van der Waals surface area contributed by atoms with Gasteiger partial charge in [-0.3, -0.25) is 0 Å². The van der Waals surface area contributed by atoms with E-state index in [-0.39, 0.29) is 0 Å². The Morgan fingerprint density at radius 2 is 2.20 bits per heavy atom. The molecule has 51 valence electrons. The van der Waals surface area contributed by atoms with Crippen molar-refractivity contribution in [3.05, 3.63) is 35.7 Å². The summed E-state index contributed by atoms with van der Waals surface area (Å²) < 4.78 is 0. The van der Waals surface area contributed by atoms with Crippen LogP contribution in [0.1, 0.15) is 17.5 Å². The maximum Gasteiger partial charge on any atom is 0.119 e. The van der Waals surface area contributed by atoms with E-state index in [1.807, 2.05) is 6.07 Å². The minimum absolute atomic E-state index is 0.426. The van der Waals surface area contributed by atoms with Crippen molar-refractivity contribution in [3.8, 4) is 5.75 Å². The van der Waals surface area contributed by atoms with Crippen molar-refractivity contribution in [2.45, 2.75) is 12.8 Å². The van der Waals surface area contributed by atoms with Crippen LogP contribution in [0.4, 0.5) is 0 Å². The van der Waals surface area contributed by atoms with E-state index in [1.54, 1.807) is 6.07 Å². The Bertz CT molecular complexity index is 253. The van der Waals surface area contributed by atoms with Gasteiger partial charge in [-0.25, -0.2) is 0 Å². The maximum absolute atomic E-state index is 9.30. The predicted octanol–water partition coefficient (Wildman–Crippen LogP) is 1.89. The summed E-state index contributed by atoms with van der Waals surface area (Å²) in [7, 11) is 0. The van der Waals surface area contributed by atoms with Crippen LogP contribution in [0.25, 0.3) is 0 Å². The average Bonchev–Trinajstić information content (AvgIpc) is 2.36. The van der Waals surface area contributed by atoms with Crippen molar-refractivity contribution in [2.75, 3.05) is 0 Å². The zero-order valence-electron chi connectivity index (χ0n) is 5.67. The molecule has 0 aliphatic heterocycles. The smallest absolute Gasteiger partial charge is 0.119 e. The highest BCUT2D eigenvalue weighted by Gasteiger charge is 2.13. The Hall–Kier alpha value is -0.980. The highest BCUT2D eigenvalue weighted by atomic mass is 16.3. The molecule has 0 spiro atoms. The highest BCUT2D eigenvalue weighted by molar-refractivity contribution is 5.47. The molecule has 1 aromatic rings. The molecule has 1 heteroatoms. The van der Waals surface area contributed by atoms with Gasteiger partial charge in [0.25, 0.3) is 0 Å². The minimum atomic E-state index is 0.426. The van der Waals surface area contributed by atoms with E-state index in [9.17, 15) is 5.11 Å². The Morgan fingerprint density at radius 1 is 1.30 bits per heavy atom. The molecule has 0 aromatic heterocycles. The molecule has 0 fully saturated rings. The molecule has 10 heavy (non-hydrogen) atoms. The molecule has 0 unspecified atom stereocenters. The first kappa shape index (κ1) is 5.78. The van der Waals surface area contributed by atoms with Gasteiger partial charge in [0.2, 0.25) is 0 Å². The lowest BCUT2D eigenvalue weighted by Gasteiger charge is -1.99. The first-order valence-electron chi connectivity index (χ1n) is 3.52. The highest BCUT2D eigenvalue weighted by Crippen LogP contribution is 2.30.